The fraction of sp³-hybridized carbons (Fsp3) is 0.143. The van der Waals surface area contributed by atoms with Crippen LogP contribution in [-0.2, 0) is 11.2 Å². The summed E-state index contributed by atoms with van der Waals surface area (Å²) in [6.45, 7) is 0. The molecule has 0 bridgehead atoms. The molecule has 0 spiro atoms. The average molecular weight is 169 g/mol. The zero-order chi connectivity index (χ0) is 8.97. The van der Waals surface area contributed by atoms with Crippen LogP contribution >= 0.6 is 0 Å². The molecule has 0 unspecified atom stereocenters. The minimum atomic E-state index is -1.24. The Labute approximate surface area is 67.9 Å². The first-order valence-corrected chi connectivity index (χ1v) is 3.19. The van der Waals surface area contributed by atoms with Crippen molar-refractivity contribution in [3.05, 3.63) is 24.2 Å². The van der Waals surface area contributed by atoms with Gasteiger partial charge in [0, 0.05) is 6.42 Å². The van der Waals surface area contributed by atoms with Gasteiger partial charge in [0.15, 0.2) is 5.71 Å². The third kappa shape index (κ3) is 1.85. The van der Waals surface area contributed by atoms with Crippen LogP contribution in [0.4, 0.5) is 0 Å². The molecule has 1 aromatic heterocycles. The highest BCUT2D eigenvalue weighted by Crippen LogP contribution is 2.02. The van der Waals surface area contributed by atoms with E-state index in [4.69, 9.17) is 14.7 Å². The molecule has 0 saturated heterocycles. The molecule has 0 atom stereocenters. The normalized spacial score (nSPS) is 11.5. The fourth-order valence-electron chi connectivity index (χ4n) is 0.740. The summed E-state index contributed by atoms with van der Waals surface area (Å²) in [5.74, 6) is -1.24. The van der Waals surface area contributed by atoms with Crippen molar-refractivity contribution in [2.45, 2.75) is 6.42 Å². The Kier molecular flexibility index (Phi) is 2.47. The van der Waals surface area contributed by atoms with E-state index in [9.17, 15) is 4.79 Å². The van der Waals surface area contributed by atoms with E-state index in [1.165, 1.54) is 12.5 Å². The SMILES string of the molecule is O=C(O)C(Cc1ccoc1)=NO. The van der Waals surface area contributed by atoms with Crippen LogP contribution in [0.25, 0.3) is 0 Å². The number of nitrogens with zero attached hydrogens (tertiary/aromatic N) is 1. The van der Waals surface area contributed by atoms with Crippen molar-refractivity contribution in [1.82, 2.24) is 0 Å². The van der Waals surface area contributed by atoms with Crippen molar-refractivity contribution >= 4 is 11.7 Å². The molecule has 0 amide bonds. The molecule has 0 aliphatic rings. The number of aliphatic carboxylic acids is 1. The van der Waals surface area contributed by atoms with E-state index in [0.717, 1.165) is 0 Å². The molecular weight excluding hydrogens is 162 g/mol. The molecule has 2 N–H and O–H groups in total. The van der Waals surface area contributed by atoms with Gasteiger partial charge < -0.3 is 14.7 Å². The highest BCUT2D eigenvalue weighted by Gasteiger charge is 2.11. The van der Waals surface area contributed by atoms with Crippen LogP contribution < -0.4 is 0 Å². The first kappa shape index (κ1) is 8.32. The maximum Gasteiger partial charge on any atom is 0.354 e. The van der Waals surface area contributed by atoms with Crippen molar-refractivity contribution in [3.8, 4) is 0 Å². The van der Waals surface area contributed by atoms with E-state index in [1.807, 2.05) is 0 Å². The number of furan rings is 1. The summed E-state index contributed by atoms with van der Waals surface area (Å²) in [7, 11) is 0. The summed E-state index contributed by atoms with van der Waals surface area (Å²) >= 11 is 0. The van der Waals surface area contributed by atoms with Crippen molar-refractivity contribution < 1.29 is 19.5 Å². The van der Waals surface area contributed by atoms with Gasteiger partial charge in [-0.1, -0.05) is 5.16 Å². The van der Waals surface area contributed by atoms with Gasteiger partial charge in [-0.3, -0.25) is 0 Å². The van der Waals surface area contributed by atoms with E-state index in [1.54, 1.807) is 6.07 Å². The van der Waals surface area contributed by atoms with E-state index < -0.39 is 5.97 Å². The lowest BCUT2D eigenvalue weighted by Gasteiger charge is -1.93. The summed E-state index contributed by atoms with van der Waals surface area (Å²) in [5.41, 5.74) is 0.349. The largest absolute Gasteiger partial charge is 0.477 e. The summed E-state index contributed by atoms with van der Waals surface area (Å²) < 4.78 is 4.71. The summed E-state index contributed by atoms with van der Waals surface area (Å²) in [4.78, 5) is 10.3. The Morgan fingerprint density at radius 1 is 1.67 bits per heavy atom. The molecule has 64 valence electrons. The maximum atomic E-state index is 10.3. The Balaban J connectivity index is 2.68. The zero-order valence-electron chi connectivity index (χ0n) is 6.10. The molecule has 1 aromatic rings. The molecule has 0 fully saturated rings. The minimum absolute atomic E-state index is 0.0579. The minimum Gasteiger partial charge on any atom is -0.477 e. The molecule has 0 saturated carbocycles. The topological polar surface area (TPSA) is 83.0 Å². The average Bonchev–Trinajstić information content (AvgIpc) is 2.51. The second kappa shape index (κ2) is 3.56. The number of hydrogen-bond acceptors (Lipinski definition) is 4. The first-order valence-electron chi connectivity index (χ1n) is 3.19. The number of carboxylic acid groups (broad SMARTS) is 1. The van der Waals surface area contributed by atoms with Gasteiger partial charge in [0.2, 0.25) is 0 Å². The molecule has 5 heteroatoms. The number of oxime groups is 1. The van der Waals surface area contributed by atoms with Gasteiger partial charge in [-0.25, -0.2) is 4.79 Å². The number of hydrogen-bond donors (Lipinski definition) is 2. The van der Waals surface area contributed by atoms with E-state index in [-0.39, 0.29) is 12.1 Å². The van der Waals surface area contributed by atoms with Gasteiger partial charge in [-0.2, -0.15) is 0 Å². The van der Waals surface area contributed by atoms with Crippen molar-refractivity contribution in [2.24, 2.45) is 5.16 Å². The van der Waals surface area contributed by atoms with Crippen molar-refractivity contribution in [2.75, 3.05) is 0 Å². The molecular formula is C7H7NO4. The Morgan fingerprint density at radius 3 is 2.83 bits per heavy atom. The van der Waals surface area contributed by atoms with Crippen molar-refractivity contribution in [1.29, 1.82) is 0 Å². The van der Waals surface area contributed by atoms with Crippen LogP contribution in [0.3, 0.4) is 0 Å². The van der Waals surface area contributed by atoms with Crippen LogP contribution in [0.5, 0.6) is 0 Å². The quantitative estimate of drug-likeness (QED) is 0.397. The predicted molar refractivity (Wildman–Crippen MR) is 39.3 cm³/mol. The lowest BCUT2D eigenvalue weighted by Crippen LogP contribution is -2.15. The van der Waals surface area contributed by atoms with Gasteiger partial charge in [0.1, 0.15) is 0 Å². The molecule has 1 rings (SSSR count). The number of carboxylic acids is 1. The highest BCUT2D eigenvalue weighted by molar-refractivity contribution is 6.35. The molecule has 0 aromatic carbocycles. The standard InChI is InChI=1S/C7H7NO4/c9-7(10)6(8-11)3-5-1-2-12-4-5/h1-2,4,11H,3H2,(H,9,10). The summed E-state index contributed by atoms with van der Waals surface area (Å²) in [6, 6.07) is 1.61. The van der Waals surface area contributed by atoms with Gasteiger partial charge in [-0.05, 0) is 11.6 Å². The maximum absolute atomic E-state index is 10.3. The van der Waals surface area contributed by atoms with Crippen LogP contribution in [0.15, 0.2) is 28.2 Å². The first-order chi connectivity index (χ1) is 5.74. The Bertz CT molecular complexity index is 288. The number of rotatable bonds is 3. The molecule has 0 aliphatic heterocycles. The Morgan fingerprint density at radius 2 is 2.42 bits per heavy atom. The van der Waals surface area contributed by atoms with Gasteiger partial charge >= 0.3 is 5.97 Å². The molecule has 1 heterocycles. The summed E-state index contributed by atoms with van der Waals surface area (Å²) in [6.07, 6.45) is 2.88. The second-order valence-corrected chi connectivity index (χ2v) is 2.16. The number of carbonyl (C=O) groups is 1. The van der Waals surface area contributed by atoms with Gasteiger partial charge in [0.25, 0.3) is 0 Å². The van der Waals surface area contributed by atoms with E-state index >= 15 is 0 Å². The third-order valence-corrected chi connectivity index (χ3v) is 1.32. The van der Waals surface area contributed by atoms with Crippen LogP contribution in [0, 0.1) is 0 Å². The Hall–Kier alpha value is -1.78. The predicted octanol–water partition coefficient (Wildman–Crippen LogP) is 0.737. The monoisotopic (exact) mass is 169 g/mol. The molecule has 0 aliphatic carbocycles. The smallest absolute Gasteiger partial charge is 0.354 e. The second-order valence-electron chi connectivity index (χ2n) is 2.16. The van der Waals surface area contributed by atoms with E-state index in [0.29, 0.717) is 5.56 Å². The lowest BCUT2D eigenvalue weighted by atomic mass is 10.2. The van der Waals surface area contributed by atoms with Crippen LogP contribution in [-0.4, -0.2) is 22.0 Å². The van der Waals surface area contributed by atoms with E-state index in [2.05, 4.69) is 5.16 Å². The van der Waals surface area contributed by atoms with Gasteiger partial charge in [-0.15, -0.1) is 0 Å². The third-order valence-electron chi connectivity index (χ3n) is 1.32. The van der Waals surface area contributed by atoms with Crippen LogP contribution in [0.1, 0.15) is 5.56 Å². The summed E-state index contributed by atoms with van der Waals surface area (Å²) in [5, 5.41) is 19.4. The van der Waals surface area contributed by atoms with Gasteiger partial charge in [0.05, 0.1) is 12.5 Å². The molecule has 0 radical (unpaired) electrons. The fourth-order valence-corrected chi connectivity index (χ4v) is 0.740. The zero-order valence-corrected chi connectivity index (χ0v) is 6.10. The molecule has 5 nitrogen and oxygen atoms in total. The van der Waals surface area contributed by atoms with Crippen LogP contribution in [0.2, 0.25) is 0 Å². The highest BCUT2D eigenvalue weighted by atomic mass is 16.4. The molecule has 12 heavy (non-hydrogen) atoms. The lowest BCUT2D eigenvalue weighted by molar-refractivity contribution is -0.129. The van der Waals surface area contributed by atoms with Crippen molar-refractivity contribution in [3.63, 3.8) is 0 Å².